The highest BCUT2D eigenvalue weighted by Crippen LogP contribution is 2.14. The average molecular weight is 188 g/mol. The molecule has 0 aliphatic heterocycles. The van der Waals surface area contributed by atoms with Gasteiger partial charge in [0.1, 0.15) is 0 Å². The van der Waals surface area contributed by atoms with Gasteiger partial charge in [-0.15, -0.1) is 0 Å². The van der Waals surface area contributed by atoms with Gasteiger partial charge in [0.25, 0.3) is 0 Å². The van der Waals surface area contributed by atoms with Gasteiger partial charge in [0.2, 0.25) is 0 Å². The number of hydrogen-bond donors (Lipinski definition) is 0. The highest BCUT2D eigenvalue weighted by atomic mass is 16.5. The molecule has 0 aromatic carbocycles. The topological polar surface area (TPSA) is 18.5 Å². The van der Waals surface area contributed by atoms with Gasteiger partial charge in [-0.25, -0.2) is 0 Å². The Balaban J connectivity index is 3.17. The summed E-state index contributed by atoms with van der Waals surface area (Å²) in [6.07, 6.45) is 5.11. The fourth-order valence-electron chi connectivity index (χ4n) is 1.46. The zero-order valence-corrected chi connectivity index (χ0v) is 9.34. The second-order valence-corrected chi connectivity index (χ2v) is 3.46. The molecule has 0 spiro atoms. The second kappa shape index (κ2) is 10.0. The lowest BCUT2D eigenvalue weighted by molar-refractivity contribution is 0.0628. The number of hydrogen-bond acceptors (Lipinski definition) is 2. The molecule has 0 fully saturated rings. The lowest BCUT2D eigenvalue weighted by Crippen LogP contribution is -2.07. The number of ether oxygens (including phenoxy) is 2. The van der Waals surface area contributed by atoms with E-state index in [4.69, 9.17) is 9.47 Å². The van der Waals surface area contributed by atoms with Crippen molar-refractivity contribution in [3.8, 4) is 0 Å². The molecular formula is C11H24O2. The summed E-state index contributed by atoms with van der Waals surface area (Å²) in [6, 6.07) is 0. The lowest BCUT2D eigenvalue weighted by atomic mass is 9.98. The van der Waals surface area contributed by atoms with Crippen molar-refractivity contribution in [3.63, 3.8) is 0 Å². The molecule has 0 aliphatic carbocycles. The maximum Gasteiger partial charge on any atom is 0.0700 e. The predicted octanol–water partition coefficient (Wildman–Crippen LogP) is 2.87. The average Bonchev–Trinajstić information content (AvgIpc) is 2.16. The van der Waals surface area contributed by atoms with E-state index in [1.165, 1.54) is 25.7 Å². The first-order valence-corrected chi connectivity index (χ1v) is 5.41. The quantitative estimate of drug-likeness (QED) is 0.518. The first kappa shape index (κ1) is 12.9. The molecule has 13 heavy (non-hydrogen) atoms. The molecule has 2 nitrogen and oxygen atoms in total. The molecule has 0 aliphatic rings. The van der Waals surface area contributed by atoms with Crippen LogP contribution in [0.2, 0.25) is 0 Å². The van der Waals surface area contributed by atoms with E-state index in [0.717, 1.165) is 19.1 Å². The van der Waals surface area contributed by atoms with Gasteiger partial charge in [-0.05, 0) is 12.3 Å². The molecule has 80 valence electrons. The summed E-state index contributed by atoms with van der Waals surface area (Å²) in [5, 5.41) is 0. The molecule has 0 rings (SSSR count). The molecule has 0 aromatic heterocycles. The molecule has 0 saturated heterocycles. The van der Waals surface area contributed by atoms with Gasteiger partial charge in [-0.1, -0.05) is 33.1 Å². The van der Waals surface area contributed by atoms with Gasteiger partial charge in [0.15, 0.2) is 0 Å². The maximum absolute atomic E-state index is 5.43. The van der Waals surface area contributed by atoms with Crippen LogP contribution in [-0.2, 0) is 9.47 Å². The first-order chi connectivity index (χ1) is 6.35. The van der Waals surface area contributed by atoms with Gasteiger partial charge in [-0.2, -0.15) is 0 Å². The van der Waals surface area contributed by atoms with Gasteiger partial charge < -0.3 is 9.47 Å². The van der Waals surface area contributed by atoms with Crippen molar-refractivity contribution < 1.29 is 9.47 Å². The molecule has 0 N–H and O–H groups in total. The van der Waals surface area contributed by atoms with Crippen LogP contribution in [0.15, 0.2) is 0 Å². The number of methoxy groups -OCH3 is 1. The minimum atomic E-state index is 0.713. The summed E-state index contributed by atoms with van der Waals surface area (Å²) >= 11 is 0. The van der Waals surface area contributed by atoms with E-state index >= 15 is 0 Å². The zero-order valence-electron chi connectivity index (χ0n) is 9.34. The number of rotatable bonds is 9. The smallest absolute Gasteiger partial charge is 0.0700 e. The van der Waals surface area contributed by atoms with Crippen LogP contribution in [0.5, 0.6) is 0 Å². The van der Waals surface area contributed by atoms with E-state index in [0.29, 0.717) is 6.61 Å². The third kappa shape index (κ3) is 8.26. The summed E-state index contributed by atoms with van der Waals surface area (Å²) in [6.45, 7) is 6.84. The SMILES string of the molecule is CCCC(CC)CCOCCOC. The zero-order chi connectivity index (χ0) is 9.94. The van der Waals surface area contributed by atoms with Crippen molar-refractivity contribution in [3.05, 3.63) is 0 Å². The minimum absolute atomic E-state index is 0.713. The van der Waals surface area contributed by atoms with Crippen molar-refractivity contribution in [2.45, 2.75) is 39.5 Å². The molecule has 0 bridgehead atoms. The predicted molar refractivity (Wildman–Crippen MR) is 56.0 cm³/mol. The van der Waals surface area contributed by atoms with Gasteiger partial charge in [0, 0.05) is 13.7 Å². The highest BCUT2D eigenvalue weighted by Gasteiger charge is 2.03. The monoisotopic (exact) mass is 188 g/mol. The fourth-order valence-corrected chi connectivity index (χ4v) is 1.46. The van der Waals surface area contributed by atoms with E-state index in [1.807, 2.05) is 0 Å². The van der Waals surface area contributed by atoms with Crippen molar-refractivity contribution in [2.24, 2.45) is 5.92 Å². The Morgan fingerprint density at radius 1 is 1.00 bits per heavy atom. The van der Waals surface area contributed by atoms with Crippen LogP contribution in [-0.4, -0.2) is 26.9 Å². The normalized spacial score (nSPS) is 13.2. The van der Waals surface area contributed by atoms with Gasteiger partial charge in [0.05, 0.1) is 13.2 Å². The second-order valence-electron chi connectivity index (χ2n) is 3.46. The van der Waals surface area contributed by atoms with E-state index < -0.39 is 0 Å². The Hall–Kier alpha value is -0.0800. The van der Waals surface area contributed by atoms with E-state index in [1.54, 1.807) is 7.11 Å². The van der Waals surface area contributed by atoms with Gasteiger partial charge in [-0.3, -0.25) is 0 Å². The van der Waals surface area contributed by atoms with Crippen LogP contribution in [0.3, 0.4) is 0 Å². The van der Waals surface area contributed by atoms with E-state index in [-0.39, 0.29) is 0 Å². The summed E-state index contributed by atoms with van der Waals surface area (Å²) in [7, 11) is 1.70. The van der Waals surface area contributed by atoms with Crippen LogP contribution in [0.1, 0.15) is 39.5 Å². The summed E-state index contributed by atoms with van der Waals surface area (Å²) < 4.78 is 10.3. The van der Waals surface area contributed by atoms with Gasteiger partial charge >= 0.3 is 0 Å². The fraction of sp³-hybridized carbons (Fsp3) is 1.00. The Morgan fingerprint density at radius 3 is 2.31 bits per heavy atom. The largest absolute Gasteiger partial charge is 0.382 e. The van der Waals surface area contributed by atoms with Crippen LogP contribution in [0.4, 0.5) is 0 Å². The summed E-state index contributed by atoms with van der Waals surface area (Å²) in [5.74, 6) is 0.854. The molecule has 0 saturated carbocycles. The van der Waals surface area contributed by atoms with Crippen molar-refractivity contribution in [1.29, 1.82) is 0 Å². The molecule has 1 unspecified atom stereocenters. The van der Waals surface area contributed by atoms with Crippen LogP contribution >= 0.6 is 0 Å². The van der Waals surface area contributed by atoms with Crippen molar-refractivity contribution in [1.82, 2.24) is 0 Å². The molecule has 0 heterocycles. The Bertz CT molecular complexity index is 94.1. The van der Waals surface area contributed by atoms with Crippen molar-refractivity contribution in [2.75, 3.05) is 26.9 Å². The Morgan fingerprint density at radius 2 is 1.77 bits per heavy atom. The lowest BCUT2D eigenvalue weighted by Gasteiger charge is -2.13. The highest BCUT2D eigenvalue weighted by molar-refractivity contribution is 4.55. The standard InChI is InChI=1S/C11H24O2/c1-4-6-11(5-2)7-8-13-10-9-12-3/h11H,4-10H2,1-3H3. The Kier molecular flexibility index (Phi) is 9.94. The van der Waals surface area contributed by atoms with Crippen LogP contribution in [0, 0.1) is 5.92 Å². The molecule has 1 atom stereocenters. The maximum atomic E-state index is 5.43. The molecule has 0 radical (unpaired) electrons. The Labute approximate surface area is 82.6 Å². The third-order valence-electron chi connectivity index (χ3n) is 2.38. The van der Waals surface area contributed by atoms with Crippen LogP contribution in [0.25, 0.3) is 0 Å². The summed E-state index contributed by atoms with van der Waals surface area (Å²) in [4.78, 5) is 0. The molecule has 0 aromatic rings. The van der Waals surface area contributed by atoms with Crippen LogP contribution < -0.4 is 0 Å². The van der Waals surface area contributed by atoms with E-state index in [2.05, 4.69) is 13.8 Å². The molecule has 0 amide bonds. The minimum Gasteiger partial charge on any atom is -0.382 e. The van der Waals surface area contributed by atoms with Crippen molar-refractivity contribution >= 4 is 0 Å². The summed E-state index contributed by atoms with van der Waals surface area (Å²) in [5.41, 5.74) is 0. The molecular weight excluding hydrogens is 164 g/mol. The first-order valence-electron chi connectivity index (χ1n) is 5.41. The molecule has 2 heteroatoms. The van der Waals surface area contributed by atoms with E-state index in [9.17, 15) is 0 Å². The third-order valence-corrected chi connectivity index (χ3v) is 2.38.